The number of morpholine rings is 1. The standard InChI is InChI=1S/C14H16N2O4/c17-12(10-2-3-11(13(18)19)15-8-10)16-6-7-20-14(9-16)4-1-5-14/h2-3,8H,1,4-7,9H2,(H,18,19). The summed E-state index contributed by atoms with van der Waals surface area (Å²) in [6, 6.07) is 2.87. The maximum Gasteiger partial charge on any atom is 0.354 e. The molecular weight excluding hydrogens is 260 g/mol. The number of aromatic carboxylic acids is 1. The van der Waals surface area contributed by atoms with E-state index in [4.69, 9.17) is 9.84 Å². The van der Waals surface area contributed by atoms with Gasteiger partial charge in [-0.3, -0.25) is 4.79 Å². The average molecular weight is 276 g/mol. The van der Waals surface area contributed by atoms with E-state index in [1.54, 1.807) is 4.90 Å². The summed E-state index contributed by atoms with van der Waals surface area (Å²) in [7, 11) is 0. The van der Waals surface area contributed by atoms with Crippen LogP contribution in [0.2, 0.25) is 0 Å². The number of pyridine rings is 1. The summed E-state index contributed by atoms with van der Waals surface area (Å²) in [4.78, 5) is 28.7. The molecule has 1 aromatic rings. The molecule has 2 heterocycles. The third-order valence-corrected chi connectivity index (χ3v) is 4.03. The topological polar surface area (TPSA) is 79.7 Å². The first-order valence-electron chi connectivity index (χ1n) is 6.72. The Kier molecular flexibility index (Phi) is 3.17. The molecule has 6 nitrogen and oxygen atoms in total. The van der Waals surface area contributed by atoms with Crippen LogP contribution < -0.4 is 0 Å². The van der Waals surface area contributed by atoms with Gasteiger partial charge in [-0.1, -0.05) is 0 Å². The molecule has 1 saturated carbocycles. The molecule has 6 heteroatoms. The molecule has 0 atom stereocenters. The number of nitrogens with zero attached hydrogens (tertiary/aromatic N) is 2. The average Bonchev–Trinajstić information content (AvgIpc) is 2.45. The number of amides is 1. The lowest BCUT2D eigenvalue weighted by atomic mass is 9.79. The van der Waals surface area contributed by atoms with Crippen LogP contribution in [0.5, 0.6) is 0 Å². The fourth-order valence-corrected chi connectivity index (χ4v) is 2.72. The molecule has 1 amide bonds. The van der Waals surface area contributed by atoms with Gasteiger partial charge in [0.1, 0.15) is 5.69 Å². The monoisotopic (exact) mass is 276 g/mol. The maximum atomic E-state index is 12.4. The molecule has 1 saturated heterocycles. The Morgan fingerprint density at radius 1 is 1.35 bits per heavy atom. The van der Waals surface area contributed by atoms with Crippen LogP contribution in [0, 0.1) is 0 Å². The number of aromatic nitrogens is 1. The molecule has 1 spiro atoms. The normalized spacial score (nSPS) is 20.5. The highest BCUT2D eigenvalue weighted by molar-refractivity contribution is 5.95. The first kappa shape index (κ1) is 13.1. The smallest absolute Gasteiger partial charge is 0.354 e. The van der Waals surface area contributed by atoms with Crippen molar-refractivity contribution in [1.82, 2.24) is 9.88 Å². The molecule has 2 fully saturated rings. The summed E-state index contributed by atoms with van der Waals surface area (Å²) < 4.78 is 5.78. The van der Waals surface area contributed by atoms with E-state index < -0.39 is 5.97 Å². The highest BCUT2D eigenvalue weighted by Crippen LogP contribution is 2.38. The van der Waals surface area contributed by atoms with E-state index >= 15 is 0 Å². The predicted octanol–water partition coefficient (Wildman–Crippen LogP) is 1.17. The summed E-state index contributed by atoms with van der Waals surface area (Å²) in [5.41, 5.74) is 0.230. The fraction of sp³-hybridized carbons (Fsp3) is 0.500. The molecule has 106 valence electrons. The van der Waals surface area contributed by atoms with Crippen molar-refractivity contribution in [1.29, 1.82) is 0 Å². The largest absolute Gasteiger partial charge is 0.477 e. The molecule has 20 heavy (non-hydrogen) atoms. The number of hydrogen-bond acceptors (Lipinski definition) is 4. The second-order valence-electron chi connectivity index (χ2n) is 5.35. The van der Waals surface area contributed by atoms with E-state index in [1.807, 2.05) is 0 Å². The van der Waals surface area contributed by atoms with Crippen molar-refractivity contribution in [2.24, 2.45) is 0 Å². The van der Waals surface area contributed by atoms with Gasteiger partial charge in [-0.25, -0.2) is 9.78 Å². The van der Waals surface area contributed by atoms with Gasteiger partial charge in [0, 0.05) is 12.7 Å². The zero-order valence-corrected chi connectivity index (χ0v) is 11.0. The molecule has 1 N–H and O–H groups in total. The van der Waals surface area contributed by atoms with Gasteiger partial charge in [0.2, 0.25) is 0 Å². The van der Waals surface area contributed by atoms with E-state index in [9.17, 15) is 9.59 Å². The molecule has 0 aromatic carbocycles. The van der Waals surface area contributed by atoms with Gasteiger partial charge < -0.3 is 14.7 Å². The minimum absolute atomic E-state index is 0.0565. The van der Waals surface area contributed by atoms with Crippen molar-refractivity contribution < 1.29 is 19.4 Å². The molecular formula is C14H16N2O4. The van der Waals surface area contributed by atoms with Crippen LogP contribution in [0.4, 0.5) is 0 Å². The summed E-state index contributed by atoms with van der Waals surface area (Å²) in [5.74, 6) is -1.20. The van der Waals surface area contributed by atoms with Crippen molar-refractivity contribution >= 4 is 11.9 Å². The Morgan fingerprint density at radius 2 is 2.15 bits per heavy atom. The number of rotatable bonds is 2. The highest BCUT2D eigenvalue weighted by atomic mass is 16.5. The van der Waals surface area contributed by atoms with Gasteiger partial charge in [0.25, 0.3) is 5.91 Å². The number of carbonyl (C=O) groups excluding carboxylic acids is 1. The first-order chi connectivity index (χ1) is 9.60. The fourth-order valence-electron chi connectivity index (χ4n) is 2.72. The van der Waals surface area contributed by atoms with Gasteiger partial charge in [-0.2, -0.15) is 0 Å². The Morgan fingerprint density at radius 3 is 2.70 bits per heavy atom. The molecule has 1 aromatic heterocycles. The Balaban J connectivity index is 1.73. The van der Waals surface area contributed by atoms with E-state index in [0.29, 0.717) is 25.3 Å². The Hall–Kier alpha value is -1.95. The Labute approximate surface area is 116 Å². The predicted molar refractivity (Wildman–Crippen MR) is 69.6 cm³/mol. The quantitative estimate of drug-likeness (QED) is 0.877. The van der Waals surface area contributed by atoms with Gasteiger partial charge >= 0.3 is 5.97 Å². The molecule has 1 aliphatic heterocycles. The van der Waals surface area contributed by atoms with Gasteiger partial charge in [0.05, 0.1) is 24.3 Å². The third kappa shape index (κ3) is 2.27. The van der Waals surface area contributed by atoms with E-state index in [0.717, 1.165) is 19.3 Å². The summed E-state index contributed by atoms with van der Waals surface area (Å²) in [6.07, 6.45) is 4.49. The number of carboxylic acid groups (broad SMARTS) is 1. The number of hydrogen-bond donors (Lipinski definition) is 1. The number of ether oxygens (including phenoxy) is 1. The summed E-state index contributed by atoms with van der Waals surface area (Å²) in [5, 5.41) is 8.80. The van der Waals surface area contributed by atoms with Crippen molar-refractivity contribution in [2.75, 3.05) is 19.7 Å². The lowest BCUT2D eigenvalue weighted by Gasteiger charge is -2.48. The van der Waals surface area contributed by atoms with Crippen molar-refractivity contribution in [3.8, 4) is 0 Å². The van der Waals surface area contributed by atoms with Crippen molar-refractivity contribution in [2.45, 2.75) is 24.9 Å². The van der Waals surface area contributed by atoms with Crippen LogP contribution in [0.3, 0.4) is 0 Å². The molecule has 0 radical (unpaired) electrons. The minimum Gasteiger partial charge on any atom is -0.477 e. The van der Waals surface area contributed by atoms with Crippen LogP contribution in [-0.4, -0.2) is 52.2 Å². The van der Waals surface area contributed by atoms with Crippen LogP contribution in [0.1, 0.15) is 40.1 Å². The zero-order chi connectivity index (χ0) is 14.2. The molecule has 2 aliphatic rings. The Bertz CT molecular complexity index is 537. The first-order valence-corrected chi connectivity index (χ1v) is 6.72. The number of carbonyl (C=O) groups is 2. The number of carboxylic acids is 1. The maximum absolute atomic E-state index is 12.4. The molecule has 0 bridgehead atoms. The van der Waals surface area contributed by atoms with E-state index in [1.165, 1.54) is 18.3 Å². The van der Waals surface area contributed by atoms with Crippen LogP contribution in [0.25, 0.3) is 0 Å². The lowest BCUT2D eigenvalue weighted by molar-refractivity contribution is -0.142. The lowest BCUT2D eigenvalue weighted by Crippen LogP contribution is -2.57. The van der Waals surface area contributed by atoms with Gasteiger partial charge in [-0.15, -0.1) is 0 Å². The summed E-state index contributed by atoms with van der Waals surface area (Å²) in [6.45, 7) is 1.75. The van der Waals surface area contributed by atoms with E-state index in [2.05, 4.69) is 4.98 Å². The second-order valence-corrected chi connectivity index (χ2v) is 5.35. The SMILES string of the molecule is O=C(O)c1ccc(C(=O)N2CCOC3(CCC3)C2)cn1. The van der Waals surface area contributed by atoms with Gasteiger partial charge in [0.15, 0.2) is 0 Å². The second kappa shape index (κ2) is 4.86. The van der Waals surface area contributed by atoms with Crippen molar-refractivity contribution in [3.63, 3.8) is 0 Å². The van der Waals surface area contributed by atoms with Crippen LogP contribution in [-0.2, 0) is 4.74 Å². The summed E-state index contributed by atoms with van der Waals surface area (Å²) >= 11 is 0. The van der Waals surface area contributed by atoms with Crippen LogP contribution >= 0.6 is 0 Å². The minimum atomic E-state index is -1.09. The van der Waals surface area contributed by atoms with Gasteiger partial charge in [-0.05, 0) is 31.4 Å². The third-order valence-electron chi connectivity index (χ3n) is 4.03. The molecule has 1 aliphatic carbocycles. The van der Waals surface area contributed by atoms with Crippen LogP contribution in [0.15, 0.2) is 18.3 Å². The molecule has 3 rings (SSSR count). The van der Waals surface area contributed by atoms with E-state index in [-0.39, 0.29) is 17.2 Å². The highest BCUT2D eigenvalue weighted by Gasteiger charge is 2.43. The molecule has 0 unspecified atom stereocenters. The van der Waals surface area contributed by atoms with Crippen molar-refractivity contribution in [3.05, 3.63) is 29.6 Å². The zero-order valence-electron chi connectivity index (χ0n) is 11.0.